The number of hydrogen-bond donors (Lipinski definition) is 1. The van der Waals surface area contributed by atoms with Crippen LogP contribution in [0.1, 0.15) is 23.3 Å². The molecule has 0 atom stereocenters. The molecule has 2 aromatic rings. The van der Waals surface area contributed by atoms with Crippen molar-refractivity contribution in [2.75, 3.05) is 13.1 Å². The summed E-state index contributed by atoms with van der Waals surface area (Å²) in [7, 11) is 1.77. The molecular weight excluding hydrogens is 292 g/mol. The van der Waals surface area contributed by atoms with Crippen LogP contribution in [-0.4, -0.2) is 39.6 Å². The molecule has 3 rings (SSSR count). The fourth-order valence-electron chi connectivity index (χ4n) is 2.95. The largest absolute Gasteiger partial charge is 0.369 e. The quantitative estimate of drug-likeness (QED) is 0.930. The Morgan fingerprint density at radius 2 is 1.83 bits per heavy atom. The van der Waals surface area contributed by atoms with E-state index in [1.165, 1.54) is 0 Å². The molecule has 2 amide bonds. The van der Waals surface area contributed by atoms with Crippen LogP contribution in [0.2, 0.25) is 0 Å². The molecule has 0 bridgehead atoms. The van der Waals surface area contributed by atoms with Gasteiger partial charge in [-0.1, -0.05) is 30.3 Å². The van der Waals surface area contributed by atoms with Crippen LogP contribution in [-0.2, 0) is 11.8 Å². The van der Waals surface area contributed by atoms with Crippen molar-refractivity contribution in [2.24, 2.45) is 18.7 Å². The molecule has 1 aliphatic heterocycles. The molecular formula is C17H20N4O2. The zero-order valence-electron chi connectivity index (χ0n) is 13.1. The summed E-state index contributed by atoms with van der Waals surface area (Å²) in [6, 6.07) is 11.6. The number of aryl methyl sites for hydroxylation is 1. The zero-order chi connectivity index (χ0) is 16.4. The Balaban J connectivity index is 1.76. The summed E-state index contributed by atoms with van der Waals surface area (Å²) in [6.07, 6.45) is 1.26. The highest BCUT2D eigenvalue weighted by Crippen LogP contribution is 2.22. The molecule has 0 saturated carbocycles. The van der Waals surface area contributed by atoms with E-state index in [9.17, 15) is 9.59 Å². The van der Waals surface area contributed by atoms with Crippen molar-refractivity contribution in [2.45, 2.75) is 12.8 Å². The van der Waals surface area contributed by atoms with E-state index < -0.39 is 0 Å². The number of rotatable bonds is 3. The van der Waals surface area contributed by atoms with Crippen molar-refractivity contribution >= 4 is 11.8 Å². The van der Waals surface area contributed by atoms with Crippen LogP contribution in [0.3, 0.4) is 0 Å². The van der Waals surface area contributed by atoms with Gasteiger partial charge in [0.05, 0.1) is 5.69 Å². The number of carbonyl (C=O) groups excluding carboxylic acids is 2. The van der Waals surface area contributed by atoms with E-state index in [0.717, 1.165) is 11.3 Å². The van der Waals surface area contributed by atoms with Crippen LogP contribution in [0.15, 0.2) is 36.4 Å². The van der Waals surface area contributed by atoms with E-state index in [1.54, 1.807) is 16.6 Å². The molecule has 0 unspecified atom stereocenters. The SMILES string of the molecule is Cn1nc(-c2ccccc2)cc1C(=O)N1CCC(C(N)=O)CC1. The highest BCUT2D eigenvalue weighted by Gasteiger charge is 2.28. The van der Waals surface area contributed by atoms with Crippen LogP contribution in [0.5, 0.6) is 0 Å². The predicted molar refractivity (Wildman–Crippen MR) is 86.5 cm³/mol. The maximum atomic E-state index is 12.7. The van der Waals surface area contributed by atoms with Gasteiger partial charge in [-0.3, -0.25) is 14.3 Å². The second-order valence-electron chi connectivity index (χ2n) is 5.87. The van der Waals surface area contributed by atoms with E-state index in [0.29, 0.717) is 31.6 Å². The summed E-state index contributed by atoms with van der Waals surface area (Å²) in [5.41, 5.74) is 7.65. The molecule has 1 saturated heterocycles. The minimum Gasteiger partial charge on any atom is -0.369 e. The van der Waals surface area contributed by atoms with E-state index in [2.05, 4.69) is 5.10 Å². The standard InChI is InChI=1S/C17H20N4O2/c1-20-15(11-14(19-20)12-5-3-2-4-6-12)17(23)21-9-7-13(8-10-21)16(18)22/h2-6,11,13H,7-10H2,1H3,(H2,18,22). The molecule has 2 heterocycles. The third kappa shape index (κ3) is 3.11. The first-order chi connectivity index (χ1) is 11.1. The second-order valence-corrected chi connectivity index (χ2v) is 5.87. The monoisotopic (exact) mass is 312 g/mol. The number of piperidine rings is 1. The Bertz CT molecular complexity index is 715. The Labute approximate surface area is 134 Å². The van der Waals surface area contributed by atoms with Crippen molar-refractivity contribution < 1.29 is 9.59 Å². The Hall–Kier alpha value is -2.63. The average molecular weight is 312 g/mol. The first-order valence-corrected chi connectivity index (χ1v) is 7.74. The first-order valence-electron chi connectivity index (χ1n) is 7.74. The maximum Gasteiger partial charge on any atom is 0.272 e. The summed E-state index contributed by atoms with van der Waals surface area (Å²) in [6.45, 7) is 1.11. The van der Waals surface area contributed by atoms with Crippen molar-refractivity contribution in [3.8, 4) is 11.3 Å². The molecule has 120 valence electrons. The molecule has 6 heteroatoms. The maximum absolute atomic E-state index is 12.7. The normalized spacial score (nSPS) is 15.6. The van der Waals surface area contributed by atoms with Gasteiger partial charge < -0.3 is 10.6 Å². The molecule has 1 fully saturated rings. The van der Waals surface area contributed by atoms with Gasteiger partial charge in [0.15, 0.2) is 0 Å². The third-order valence-electron chi connectivity index (χ3n) is 4.35. The minimum absolute atomic E-state index is 0.0508. The van der Waals surface area contributed by atoms with Gasteiger partial charge in [-0.25, -0.2) is 0 Å². The Morgan fingerprint density at radius 1 is 1.17 bits per heavy atom. The molecule has 6 nitrogen and oxygen atoms in total. The predicted octanol–water partition coefficient (Wildman–Crippen LogP) is 1.42. The molecule has 0 spiro atoms. The fourth-order valence-corrected chi connectivity index (χ4v) is 2.95. The van der Waals surface area contributed by atoms with E-state index in [4.69, 9.17) is 5.73 Å². The van der Waals surface area contributed by atoms with E-state index >= 15 is 0 Å². The van der Waals surface area contributed by atoms with Gasteiger partial charge in [-0.2, -0.15) is 5.10 Å². The topological polar surface area (TPSA) is 81.2 Å². The number of nitrogens with two attached hydrogens (primary N) is 1. The second kappa shape index (κ2) is 6.24. The van der Waals surface area contributed by atoms with Crippen molar-refractivity contribution in [1.29, 1.82) is 0 Å². The Morgan fingerprint density at radius 3 is 2.43 bits per heavy atom. The summed E-state index contributed by atoms with van der Waals surface area (Å²) in [5, 5.41) is 4.44. The lowest BCUT2D eigenvalue weighted by atomic mass is 9.96. The lowest BCUT2D eigenvalue weighted by Crippen LogP contribution is -2.42. The summed E-state index contributed by atoms with van der Waals surface area (Å²) >= 11 is 0. The lowest BCUT2D eigenvalue weighted by Gasteiger charge is -2.30. The number of amides is 2. The molecule has 1 aromatic carbocycles. The highest BCUT2D eigenvalue weighted by molar-refractivity contribution is 5.94. The van der Waals surface area contributed by atoms with Crippen molar-refractivity contribution in [3.05, 3.63) is 42.1 Å². The fraction of sp³-hybridized carbons (Fsp3) is 0.353. The van der Waals surface area contributed by atoms with Gasteiger partial charge in [-0.15, -0.1) is 0 Å². The smallest absolute Gasteiger partial charge is 0.272 e. The average Bonchev–Trinajstić information content (AvgIpc) is 2.97. The van der Waals surface area contributed by atoms with Crippen LogP contribution in [0.4, 0.5) is 0 Å². The third-order valence-corrected chi connectivity index (χ3v) is 4.35. The van der Waals surface area contributed by atoms with Gasteiger partial charge in [0, 0.05) is 31.6 Å². The number of likely N-dealkylation sites (tertiary alicyclic amines) is 1. The van der Waals surface area contributed by atoms with Crippen molar-refractivity contribution in [3.63, 3.8) is 0 Å². The number of carbonyl (C=O) groups is 2. The summed E-state index contributed by atoms with van der Waals surface area (Å²) < 4.78 is 1.62. The van der Waals surface area contributed by atoms with Gasteiger partial charge in [0.2, 0.25) is 5.91 Å². The lowest BCUT2D eigenvalue weighted by molar-refractivity contribution is -0.123. The number of primary amides is 1. The highest BCUT2D eigenvalue weighted by atomic mass is 16.2. The minimum atomic E-state index is -0.274. The van der Waals surface area contributed by atoms with Gasteiger partial charge in [-0.05, 0) is 18.9 Å². The van der Waals surface area contributed by atoms with E-state index in [-0.39, 0.29) is 17.7 Å². The Kier molecular flexibility index (Phi) is 4.14. The summed E-state index contributed by atoms with van der Waals surface area (Å²) in [5.74, 6) is -0.445. The summed E-state index contributed by atoms with van der Waals surface area (Å²) in [4.78, 5) is 25.7. The molecule has 0 aliphatic carbocycles. The van der Waals surface area contributed by atoms with Crippen LogP contribution in [0.25, 0.3) is 11.3 Å². The number of benzene rings is 1. The molecule has 23 heavy (non-hydrogen) atoms. The first kappa shape index (κ1) is 15.3. The van der Waals surface area contributed by atoms with Crippen LogP contribution in [0, 0.1) is 5.92 Å². The van der Waals surface area contributed by atoms with Crippen LogP contribution >= 0.6 is 0 Å². The van der Waals surface area contributed by atoms with Gasteiger partial charge in [0.1, 0.15) is 5.69 Å². The number of aromatic nitrogens is 2. The molecule has 1 aromatic heterocycles. The zero-order valence-corrected chi connectivity index (χ0v) is 13.1. The molecule has 2 N–H and O–H groups in total. The van der Waals surface area contributed by atoms with Crippen molar-refractivity contribution in [1.82, 2.24) is 14.7 Å². The van der Waals surface area contributed by atoms with Gasteiger partial charge in [0.25, 0.3) is 5.91 Å². The molecule has 0 radical (unpaired) electrons. The van der Waals surface area contributed by atoms with E-state index in [1.807, 2.05) is 36.4 Å². The number of hydrogen-bond acceptors (Lipinski definition) is 3. The number of nitrogens with zero attached hydrogens (tertiary/aromatic N) is 3. The molecule has 1 aliphatic rings. The van der Waals surface area contributed by atoms with Gasteiger partial charge >= 0.3 is 0 Å². The van der Waals surface area contributed by atoms with Crippen LogP contribution < -0.4 is 5.73 Å².